The maximum atomic E-state index is 15.2. The molecule has 17 nitrogen and oxygen atoms in total. The SMILES string of the molecule is O=C(C=Cc1ccc(O)c(Cc2cnc[nH]2)c1)N1c2cc(OC3(O)OC(CO)C(O)C(O)C3O)c(O)cc2C2C1(C(=O)O)C=C1CC(CO)CCC12C1(c2ccccc2O)CCCCC1. The van der Waals surface area contributed by atoms with Gasteiger partial charge in [-0.25, -0.2) is 9.78 Å². The Morgan fingerprint density at radius 3 is 2.38 bits per heavy atom. The Labute approximate surface area is 373 Å². The number of hydrogen-bond acceptors (Lipinski definition) is 14. The summed E-state index contributed by atoms with van der Waals surface area (Å²) in [5.41, 5.74) is -0.928. The Balaban J connectivity index is 1.25. The predicted octanol–water partition coefficient (Wildman–Crippen LogP) is 3.20. The number of aliphatic hydroxyl groups is 6. The summed E-state index contributed by atoms with van der Waals surface area (Å²) in [6.45, 7) is -1.08. The molecule has 9 atom stereocenters. The van der Waals surface area contributed by atoms with Crippen LogP contribution in [-0.4, -0.2) is 122 Å². The van der Waals surface area contributed by atoms with Crippen LogP contribution in [0.3, 0.4) is 0 Å². The highest BCUT2D eigenvalue weighted by molar-refractivity contribution is 6.13. The molecule has 3 aliphatic carbocycles. The van der Waals surface area contributed by atoms with Crippen LogP contribution in [0.15, 0.2) is 84.8 Å². The first kappa shape index (κ1) is 44.4. The number of phenolic OH excluding ortho intramolecular Hbond substituents is 3. The van der Waals surface area contributed by atoms with Crippen LogP contribution < -0.4 is 9.64 Å². The minimum absolute atomic E-state index is 0.00498. The number of para-hydroxylation sites is 1. The normalized spacial score (nSPS) is 31.5. The lowest BCUT2D eigenvalue weighted by Gasteiger charge is -2.59. The van der Waals surface area contributed by atoms with Crippen molar-refractivity contribution in [1.82, 2.24) is 9.97 Å². The largest absolute Gasteiger partial charge is 0.508 e. The first-order chi connectivity index (χ1) is 31.1. The van der Waals surface area contributed by atoms with E-state index in [1.54, 1.807) is 36.5 Å². The molecule has 0 spiro atoms. The number of carboxylic acid groups (broad SMARTS) is 1. The van der Waals surface area contributed by atoms with Crippen LogP contribution in [0, 0.1) is 11.3 Å². The van der Waals surface area contributed by atoms with Crippen molar-refractivity contribution >= 4 is 23.6 Å². The maximum Gasteiger partial charge on any atom is 0.355 e. The van der Waals surface area contributed by atoms with Gasteiger partial charge in [-0.05, 0) is 85.6 Å². The van der Waals surface area contributed by atoms with Crippen molar-refractivity contribution < 1.29 is 70.1 Å². The third-order valence-electron chi connectivity index (χ3n) is 14.8. The van der Waals surface area contributed by atoms with Crippen LogP contribution in [-0.2, 0) is 26.2 Å². The fourth-order valence-electron chi connectivity index (χ4n) is 12.0. The highest BCUT2D eigenvalue weighted by Crippen LogP contribution is 2.76. The zero-order chi connectivity index (χ0) is 46.1. The number of nitrogens with zero attached hydrogens (tertiary/aromatic N) is 2. The number of aliphatic carboxylic acids is 1. The summed E-state index contributed by atoms with van der Waals surface area (Å²) in [7, 11) is 0. The second kappa shape index (κ2) is 16.6. The summed E-state index contributed by atoms with van der Waals surface area (Å²) in [5, 5.41) is 110. The standard InChI is InChI=1S/C48H53N3O14/c52-23-27-12-15-46(45(13-4-1-5-14-45)32-6-2-3-7-35(32)55)29(17-27)21-47(44(61)62)42(46)31-19-36(56)37(64-48(63)43(60)41(59)40(58)38(24-53)65-48)20-33(31)51(47)39(57)11-9-26-8-10-34(54)28(16-26)18-30-22-49-25-50-30/h2-3,6-11,16,19-22,25,27,38,40-43,52-56,58-60,63H,1,4-5,12-15,17-18,23-24H2,(H,49,50)(H,61,62). The first-order valence-electron chi connectivity index (χ1n) is 21.9. The molecule has 1 amide bonds. The van der Waals surface area contributed by atoms with Gasteiger partial charge in [0.25, 0.3) is 5.91 Å². The highest BCUT2D eigenvalue weighted by atomic mass is 16.8. The number of aromatic nitrogens is 2. The molecule has 3 fully saturated rings. The van der Waals surface area contributed by atoms with E-state index in [9.17, 15) is 55.9 Å². The summed E-state index contributed by atoms with van der Waals surface area (Å²) in [6.07, 6.45) is 4.43. The van der Waals surface area contributed by atoms with Crippen LogP contribution in [0.25, 0.3) is 6.08 Å². The number of hydrogen-bond donors (Lipinski definition) is 11. The van der Waals surface area contributed by atoms with E-state index < -0.39 is 82.7 Å². The van der Waals surface area contributed by atoms with Crippen molar-refractivity contribution in [2.75, 3.05) is 18.1 Å². The lowest BCUT2D eigenvalue weighted by Crippen LogP contribution is -2.67. The smallest absolute Gasteiger partial charge is 0.355 e. The van der Waals surface area contributed by atoms with Crippen molar-refractivity contribution in [3.63, 3.8) is 0 Å². The Bertz CT molecular complexity index is 2540. The van der Waals surface area contributed by atoms with Crippen molar-refractivity contribution in [2.24, 2.45) is 11.3 Å². The molecule has 3 aromatic carbocycles. The number of aliphatic hydroxyl groups excluding tert-OH is 5. The molecule has 2 aliphatic heterocycles. The van der Waals surface area contributed by atoms with E-state index in [2.05, 4.69) is 9.97 Å². The Morgan fingerprint density at radius 2 is 1.69 bits per heavy atom. The topological polar surface area (TPSA) is 287 Å². The molecule has 0 radical (unpaired) electrons. The summed E-state index contributed by atoms with van der Waals surface area (Å²) in [5.74, 6) is -7.96. The fourth-order valence-corrected chi connectivity index (χ4v) is 12.0. The van der Waals surface area contributed by atoms with Gasteiger partial charge in [-0.15, -0.1) is 0 Å². The van der Waals surface area contributed by atoms with Gasteiger partial charge in [0.05, 0.1) is 18.6 Å². The van der Waals surface area contributed by atoms with Gasteiger partial charge in [0.15, 0.2) is 23.1 Å². The number of fused-ring (bicyclic) bond motifs is 5. The van der Waals surface area contributed by atoms with Gasteiger partial charge in [0, 0.05) is 64.9 Å². The number of amides is 1. The van der Waals surface area contributed by atoms with E-state index in [-0.39, 0.29) is 35.3 Å². The number of nitrogens with one attached hydrogen (secondary N) is 1. The number of rotatable bonds is 11. The molecule has 4 aromatic rings. The van der Waals surface area contributed by atoms with Crippen molar-refractivity contribution in [3.8, 4) is 23.0 Å². The summed E-state index contributed by atoms with van der Waals surface area (Å²) in [4.78, 5) is 37.9. The number of benzene rings is 3. The number of carbonyl (C=O) groups excluding carboxylic acids is 1. The predicted molar refractivity (Wildman–Crippen MR) is 231 cm³/mol. The third kappa shape index (κ3) is 6.82. The number of phenols is 3. The van der Waals surface area contributed by atoms with Crippen LogP contribution >= 0.6 is 0 Å². The van der Waals surface area contributed by atoms with Gasteiger partial charge < -0.3 is 65.5 Å². The number of H-pyrrole nitrogens is 1. The lowest BCUT2D eigenvalue weighted by atomic mass is 9.44. The fraction of sp³-hybridized carbons (Fsp3) is 0.438. The molecule has 0 bridgehead atoms. The van der Waals surface area contributed by atoms with Crippen molar-refractivity contribution in [1.29, 1.82) is 0 Å². The van der Waals surface area contributed by atoms with Gasteiger partial charge in [-0.1, -0.05) is 49.1 Å². The first-order valence-corrected chi connectivity index (χ1v) is 21.9. The molecule has 65 heavy (non-hydrogen) atoms. The Hall–Kier alpha value is -5.79. The van der Waals surface area contributed by atoms with Crippen LogP contribution in [0.5, 0.6) is 23.0 Å². The average molecular weight is 896 g/mol. The van der Waals surface area contributed by atoms with Crippen LogP contribution in [0.4, 0.5) is 5.69 Å². The van der Waals surface area contributed by atoms with Crippen LogP contribution in [0.2, 0.25) is 0 Å². The monoisotopic (exact) mass is 895 g/mol. The van der Waals surface area contributed by atoms with Gasteiger partial charge in [-0.3, -0.25) is 9.69 Å². The molecule has 1 aromatic heterocycles. The second-order valence-electron chi connectivity index (χ2n) is 18.2. The zero-order valence-electron chi connectivity index (χ0n) is 35.3. The Kier molecular flexibility index (Phi) is 11.3. The van der Waals surface area contributed by atoms with Gasteiger partial charge in [0.2, 0.25) is 0 Å². The summed E-state index contributed by atoms with van der Waals surface area (Å²) >= 11 is 0. The van der Waals surface area contributed by atoms with E-state index in [0.717, 1.165) is 35.9 Å². The minimum atomic E-state index is -3.17. The van der Waals surface area contributed by atoms with E-state index in [4.69, 9.17) is 9.47 Å². The molecule has 344 valence electrons. The number of aromatic amines is 1. The number of ether oxygens (including phenoxy) is 2. The summed E-state index contributed by atoms with van der Waals surface area (Å²) in [6, 6.07) is 14.2. The minimum Gasteiger partial charge on any atom is -0.508 e. The molecule has 17 heteroatoms. The zero-order valence-corrected chi connectivity index (χ0v) is 35.3. The van der Waals surface area contributed by atoms with Crippen molar-refractivity contribution in [3.05, 3.63) is 113 Å². The van der Waals surface area contributed by atoms with Gasteiger partial charge in [-0.2, -0.15) is 0 Å². The average Bonchev–Trinajstić information content (AvgIpc) is 4.00. The number of carboxylic acids is 1. The number of aromatic hydroxyl groups is 3. The molecule has 3 heterocycles. The van der Waals surface area contributed by atoms with E-state index in [1.807, 2.05) is 12.1 Å². The van der Waals surface area contributed by atoms with Gasteiger partial charge >= 0.3 is 11.9 Å². The molecule has 5 aliphatic rings. The van der Waals surface area contributed by atoms with Crippen molar-refractivity contribution in [2.45, 2.75) is 105 Å². The van der Waals surface area contributed by atoms with E-state index in [1.165, 1.54) is 30.6 Å². The van der Waals surface area contributed by atoms with Gasteiger partial charge in [0.1, 0.15) is 29.8 Å². The molecule has 11 N–H and O–H groups in total. The Morgan fingerprint density at radius 1 is 0.923 bits per heavy atom. The number of carbonyl (C=O) groups is 2. The molecular weight excluding hydrogens is 843 g/mol. The summed E-state index contributed by atoms with van der Waals surface area (Å²) < 4.78 is 11.1. The quantitative estimate of drug-likeness (QED) is 0.0586. The molecule has 1 saturated heterocycles. The highest BCUT2D eigenvalue weighted by Gasteiger charge is 2.75. The molecular formula is C48H53N3O14. The molecule has 2 saturated carbocycles. The van der Waals surface area contributed by atoms with E-state index >= 15 is 4.79 Å². The van der Waals surface area contributed by atoms with Crippen LogP contribution in [0.1, 0.15) is 85.2 Å². The van der Waals surface area contributed by atoms with E-state index in [0.29, 0.717) is 60.8 Å². The number of imidazole rings is 1. The molecule has 9 unspecified atom stereocenters. The third-order valence-corrected chi connectivity index (χ3v) is 14.8. The number of anilines is 1. The number of allylic oxidation sites excluding steroid dienone is 1. The second-order valence-corrected chi connectivity index (χ2v) is 18.2. The lowest BCUT2D eigenvalue weighted by molar-refractivity contribution is -0.422. The molecule has 9 rings (SSSR count). The maximum absolute atomic E-state index is 15.2.